The van der Waals surface area contributed by atoms with Gasteiger partial charge in [-0.05, 0) is 30.7 Å². The Kier molecular flexibility index (Phi) is 4.90. The van der Waals surface area contributed by atoms with Crippen molar-refractivity contribution < 1.29 is 14.3 Å². The van der Waals surface area contributed by atoms with Crippen LogP contribution in [0.15, 0.2) is 49.1 Å². The van der Waals surface area contributed by atoms with Crippen molar-refractivity contribution in [2.24, 2.45) is 0 Å². The van der Waals surface area contributed by atoms with Gasteiger partial charge >= 0.3 is 6.01 Å². The highest BCUT2D eigenvalue weighted by molar-refractivity contribution is 5.98. The molecular formula is C21H19N5O3. The number of pyridine rings is 1. The lowest BCUT2D eigenvalue weighted by molar-refractivity contribution is 0.0991. The molecule has 4 aromatic rings. The van der Waals surface area contributed by atoms with Gasteiger partial charge in [-0.1, -0.05) is 0 Å². The summed E-state index contributed by atoms with van der Waals surface area (Å²) in [4.78, 5) is 29.9. The summed E-state index contributed by atoms with van der Waals surface area (Å²) in [6.45, 7) is 1.88. The molecule has 29 heavy (non-hydrogen) atoms. The second kappa shape index (κ2) is 7.67. The maximum absolute atomic E-state index is 12.5. The largest absolute Gasteiger partial charge is 0.497 e. The predicted molar refractivity (Wildman–Crippen MR) is 107 cm³/mol. The molecule has 8 heteroatoms. The van der Waals surface area contributed by atoms with Crippen molar-refractivity contribution in [1.29, 1.82) is 0 Å². The third-order valence-electron chi connectivity index (χ3n) is 4.62. The van der Waals surface area contributed by atoms with Crippen LogP contribution in [0.1, 0.15) is 21.6 Å². The van der Waals surface area contributed by atoms with E-state index in [1.807, 2.05) is 31.2 Å². The van der Waals surface area contributed by atoms with E-state index < -0.39 is 0 Å². The first-order valence-electron chi connectivity index (χ1n) is 8.96. The van der Waals surface area contributed by atoms with E-state index in [4.69, 9.17) is 9.47 Å². The Hall–Kier alpha value is -3.81. The van der Waals surface area contributed by atoms with Crippen LogP contribution in [0.4, 0.5) is 0 Å². The summed E-state index contributed by atoms with van der Waals surface area (Å²) < 4.78 is 12.4. The lowest BCUT2D eigenvalue weighted by Gasteiger charge is -2.08. The molecule has 0 radical (unpaired) electrons. The Morgan fingerprint density at radius 3 is 2.62 bits per heavy atom. The lowest BCUT2D eigenvalue weighted by Crippen LogP contribution is -2.09. The average molecular weight is 389 g/mol. The molecule has 3 heterocycles. The summed E-state index contributed by atoms with van der Waals surface area (Å²) in [7, 11) is 3.15. The van der Waals surface area contributed by atoms with Gasteiger partial charge in [-0.3, -0.25) is 14.8 Å². The molecule has 0 aliphatic rings. The van der Waals surface area contributed by atoms with E-state index in [2.05, 4.69) is 19.9 Å². The van der Waals surface area contributed by atoms with Crippen molar-refractivity contribution in [1.82, 2.24) is 24.5 Å². The number of methoxy groups -OCH3 is 2. The SMILES string of the molecule is COc1ccc2c(c1)nc(OC)n2-c1cnc(CC(=O)c2cnccc2C)cn1. The van der Waals surface area contributed by atoms with Gasteiger partial charge in [0, 0.05) is 24.0 Å². The molecular weight excluding hydrogens is 370 g/mol. The first kappa shape index (κ1) is 18.5. The molecule has 0 aliphatic heterocycles. The number of ether oxygens (including phenoxy) is 2. The number of hydrogen-bond donors (Lipinski definition) is 0. The van der Waals surface area contributed by atoms with Crippen molar-refractivity contribution in [2.75, 3.05) is 14.2 Å². The number of hydrogen-bond acceptors (Lipinski definition) is 7. The van der Waals surface area contributed by atoms with Gasteiger partial charge in [0.25, 0.3) is 0 Å². The van der Waals surface area contributed by atoms with Gasteiger partial charge in [-0.2, -0.15) is 4.98 Å². The zero-order valence-electron chi connectivity index (χ0n) is 16.3. The molecule has 0 spiro atoms. The summed E-state index contributed by atoms with van der Waals surface area (Å²) >= 11 is 0. The first-order valence-corrected chi connectivity index (χ1v) is 8.96. The van der Waals surface area contributed by atoms with E-state index in [1.54, 1.807) is 43.6 Å². The molecule has 0 saturated carbocycles. The topological polar surface area (TPSA) is 92.0 Å². The average Bonchev–Trinajstić information content (AvgIpc) is 3.12. The van der Waals surface area contributed by atoms with Crippen molar-refractivity contribution in [2.45, 2.75) is 13.3 Å². The standard InChI is InChI=1S/C21H19N5O3/c1-13-6-7-22-11-16(13)19(27)8-14-10-24-20(12-23-14)26-18-5-4-15(28-2)9-17(18)25-21(26)29-3/h4-7,9-12H,8H2,1-3H3. The van der Waals surface area contributed by atoms with Gasteiger partial charge in [0.2, 0.25) is 0 Å². The first-order chi connectivity index (χ1) is 14.1. The maximum atomic E-state index is 12.5. The smallest absolute Gasteiger partial charge is 0.303 e. The minimum atomic E-state index is -0.0459. The maximum Gasteiger partial charge on any atom is 0.303 e. The molecule has 4 rings (SSSR count). The van der Waals surface area contributed by atoms with Crippen LogP contribution < -0.4 is 9.47 Å². The van der Waals surface area contributed by atoms with Gasteiger partial charge < -0.3 is 9.47 Å². The summed E-state index contributed by atoms with van der Waals surface area (Å²) in [5.74, 6) is 1.20. The number of carbonyl (C=O) groups excluding carboxylic acids is 1. The van der Waals surface area contributed by atoms with Crippen LogP contribution in [0.3, 0.4) is 0 Å². The number of imidazole rings is 1. The van der Waals surface area contributed by atoms with Crippen molar-refractivity contribution in [3.63, 3.8) is 0 Å². The Morgan fingerprint density at radius 1 is 1.07 bits per heavy atom. The normalized spacial score (nSPS) is 10.9. The Labute approximate surface area is 167 Å². The minimum absolute atomic E-state index is 0.0459. The number of nitrogens with zero attached hydrogens (tertiary/aromatic N) is 5. The third-order valence-corrected chi connectivity index (χ3v) is 4.62. The van der Waals surface area contributed by atoms with E-state index in [1.165, 1.54) is 0 Å². The number of Topliss-reactive ketones (excluding diaryl/α,β-unsaturated/α-hetero) is 1. The number of fused-ring (bicyclic) bond motifs is 1. The molecule has 0 saturated heterocycles. The van der Waals surface area contributed by atoms with Gasteiger partial charge in [-0.25, -0.2) is 9.55 Å². The highest BCUT2D eigenvalue weighted by Gasteiger charge is 2.16. The van der Waals surface area contributed by atoms with E-state index in [0.717, 1.165) is 11.1 Å². The van der Waals surface area contributed by atoms with Crippen LogP contribution in [0.5, 0.6) is 11.8 Å². The van der Waals surface area contributed by atoms with E-state index >= 15 is 0 Å². The number of aromatic nitrogens is 5. The summed E-state index contributed by atoms with van der Waals surface area (Å²) in [5.41, 5.74) is 3.59. The number of benzene rings is 1. The quantitative estimate of drug-likeness (QED) is 0.468. The van der Waals surface area contributed by atoms with Crippen molar-refractivity contribution >= 4 is 16.8 Å². The lowest BCUT2D eigenvalue weighted by atomic mass is 10.0. The van der Waals surface area contributed by atoms with Crippen LogP contribution in [0.2, 0.25) is 0 Å². The second-order valence-electron chi connectivity index (χ2n) is 6.45. The summed E-state index contributed by atoms with van der Waals surface area (Å²) in [6.07, 6.45) is 6.59. The predicted octanol–water partition coefficient (Wildman–Crippen LogP) is 2.96. The van der Waals surface area contributed by atoms with Gasteiger partial charge in [0.15, 0.2) is 11.6 Å². The Morgan fingerprint density at radius 2 is 1.93 bits per heavy atom. The van der Waals surface area contributed by atoms with Crippen LogP contribution in [0, 0.1) is 6.92 Å². The Bertz CT molecular complexity index is 1180. The van der Waals surface area contributed by atoms with E-state index in [9.17, 15) is 4.79 Å². The molecule has 146 valence electrons. The fourth-order valence-electron chi connectivity index (χ4n) is 3.09. The summed E-state index contributed by atoms with van der Waals surface area (Å²) in [5, 5.41) is 0. The number of ketones is 1. The van der Waals surface area contributed by atoms with E-state index in [-0.39, 0.29) is 12.2 Å². The number of rotatable bonds is 6. The molecule has 1 aromatic carbocycles. The molecule has 8 nitrogen and oxygen atoms in total. The summed E-state index contributed by atoms with van der Waals surface area (Å²) in [6, 6.07) is 7.75. The monoisotopic (exact) mass is 389 g/mol. The fraction of sp³-hybridized carbons (Fsp3) is 0.190. The van der Waals surface area contributed by atoms with Crippen LogP contribution in [-0.4, -0.2) is 44.5 Å². The van der Waals surface area contributed by atoms with E-state index in [0.29, 0.717) is 34.4 Å². The third kappa shape index (κ3) is 3.52. The molecule has 0 unspecified atom stereocenters. The number of carbonyl (C=O) groups is 1. The molecule has 0 N–H and O–H groups in total. The zero-order chi connectivity index (χ0) is 20.4. The van der Waals surface area contributed by atoms with Gasteiger partial charge in [-0.15, -0.1) is 0 Å². The second-order valence-corrected chi connectivity index (χ2v) is 6.45. The van der Waals surface area contributed by atoms with Gasteiger partial charge in [0.1, 0.15) is 5.75 Å². The molecule has 3 aromatic heterocycles. The van der Waals surface area contributed by atoms with Crippen LogP contribution in [0.25, 0.3) is 16.9 Å². The highest BCUT2D eigenvalue weighted by Crippen LogP contribution is 2.27. The molecule has 0 bridgehead atoms. The van der Waals surface area contributed by atoms with Crippen LogP contribution >= 0.6 is 0 Å². The zero-order valence-corrected chi connectivity index (χ0v) is 16.3. The van der Waals surface area contributed by atoms with Crippen molar-refractivity contribution in [3.05, 3.63) is 65.9 Å². The fourth-order valence-corrected chi connectivity index (χ4v) is 3.09. The molecule has 0 atom stereocenters. The van der Waals surface area contributed by atoms with Crippen LogP contribution in [-0.2, 0) is 6.42 Å². The Balaban J connectivity index is 1.64. The van der Waals surface area contributed by atoms with Crippen molar-refractivity contribution in [3.8, 4) is 17.6 Å². The number of aryl methyl sites for hydroxylation is 1. The molecule has 0 amide bonds. The highest BCUT2D eigenvalue weighted by atomic mass is 16.5. The van der Waals surface area contributed by atoms with Gasteiger partial charge in [0.05, 0.1) is 49.8 Å². The minimum Gasteiger partial charge on any atom is -0.497 e. The molecule has 0 fully saturated rings. The molecule has 0 aliphatic carbocycles.